The minimum Gasteiger partial charge on any atom is -0.298 e. The van der Waals surface area contributed by atoms with Gasteiger partial charge in [-0.15, -0.1) is 0 Å². The molecule has 0 saturated heterocycles. The zero-order valence-electron chi connectivity index (χ0n) is 10.5. The van der Waals surface area contributed by atoms with Gasteiger partial charge in [0.05, 0.1) is 6.04 Å². The molecule has 0 N–H and O–H groups in total. The Kier molecular flexibility index (Phi) is 6.01. The number of hydrogen-bond acceptors (Lipinski definition) is 2. The zero-order valence-corrected chi connectivity index (χ0v) is 10.5. The van der Waals surface area contributed by atoms with Gasteiger partial charge in [0.15, 0.2) is 0 Å². The van der Waals surface area contributed by atoms with E-state index < -0.39 is 0 Å². The molecular formula is C12H25NO. The molecule has 0 rings (SSSR count). The highest BCUT2D eigenvalue weighted by Crippen LogP contribution is 2.16. The van der Waals surface area contributed by atoms with Crippen LogP contribution in [0.5, 0.6) is 0 Å². The van der Waals surface area contributed by atoms with Crippen molar-refractivity contribution < 1.29 is 4.79 Å². The largest absolute Gasteiger partial charge is 0.298 e. The van der Waals surface area contributed by atoms with Gasteiger partial charge in [-0.1, -0.05) is 13.8 Å². The van der Waals surface area contributed by atoms with Crippen LogP contribution in [-0.4, -0.2) is 28.8 Å². The summed E-state index contributed by atoms with van der Waals surface area (Å²) < 4.78 is 0. The molecule has 0 aliphatic heterocycles. The van der Waals surface area contributed by atoms with Crippen molar-refractivity contribution in [1.82, 2.24) is 4.90 Å². The van der Waals surface area contributed by atoms with E-state index in [9.17, 15) is 4.79 Å². The van der Waals surface area contributed by atoms with Crippen LogP contribution in [0.2, 0.25) is 0 Å². The van der Waals surface area contributed by atoms with Crippen LogP contribution in [0.1, 0.15) is 54.4 Å². The second-order valence-corrected chi connectivity index (χ2v) is 4.25. The molecule has 0 spiro atoms. The van der Waals surface area contributed by atoms with Crippen molar-refractivity contribution >= 4 is 5.78 Å². The van der Waals surface area contributed by atoms with Crippen LogP contribution in [0, 0.1) is 0 Å². The van der Waals surface area contributed by atoms with E-state index in [2.05, 4.69) is 32.6 Å². The van der Waals surface area contributed by atoms with E-state index in [-0.39, 0.29) is 11.8 Å². The lowest BCUT2D eigenvalue weighted by Crippen LogP contribution is -2.48. The number of hydrogen-bond donors (Lipinski definition) is 0. The third-order valence-electron chi connectivity index (χ3n) is 3.24. The predicted octanol–water partition coefficient (Wildman–Crippen LogP) is 2.86. The molecule has 84 valence electrons. The van der Waals surface area contributed by atoms with Gasteiger partial charge in [0, 0.05) is 12.1 Å². The van der Waals surface area contributed by atoms with E-state index in [0.717, 1.165) is 12.8 Å². The van der Waals surface area contributed by atoms with Crippen LogP contribution >= 0.6 is 0 Å². The summed E-state index contributed by atoms with van der Waals surface area (Å²) in [6.45, 7) is 12.4. The van der Waals surface area contributed by atoms with Crippen molar-refractivity contribution in [1.29, 1.82) is 0 Å². The van der Waals surface area contributed by atoms with E-state index in [1.54, 1.807) is 6.92 Å². The first-order valence-electron chi connectivity index (χ1n) is 5.73. The SMILES string of the molecule is CCC(C)N(C(C)CC)C(C)C(C)=O. The third kappa shape index (κ3) is 3.41. The highest BCUT2D eigenvalue weighted by Gasteiger charge is 2.25. The standard InChI is InChI=1S/C12H25NO/c1-7-9(3)13(10(4)8-2)11(5)12(6)14/h9-11H,7-8H2,1-6H3. The fourth-order valence-corrected chi connectivity index (χ4v) is 1.83. The summed E-state index contributed by atoms with van der Waals surface area (Å²) in [5.41, 5.74) is 0. The number of carbonyl (C=O) groups excluding carboxylic acids is 1. The van der Waals surface area contributed by atoms with Crippen LogP contribution in [0.4, 0.5) is 0 Å². The van der Waals surface area contributed by atoms with E-state index >= 15 is 0 Å². The quantitative estimate of drug-likeness (QED) is 0.655. The van der Waals surface area contributed by atoms with Crippen molar-refractivity contribution in [2.75, 3.05) is 0 Å². The summed E-state index contributed by atoms with van der Waals surface area (Å²) in [4.78, 5) is 13.7. The first-order chi connectivity index (χ1) is 6.45. The lowest BCUT2D eigenvalue weighted by molar-refractivity contribution is -0.123. The summed E-state index contributed by atoms with van der Waals surface area (Å²) in [5, 5.41) is 0. The minimum atomic E-state index is 0.0555. The normalized spacial score (nSPS) is 17.9. The van der Waals surface area contributed by atoms with Gasteiger partial charge in [0.2, 0.25) is 0 Å². The van der Waals surface area contributed by atoms with Gasteiger partial charge in [-0.3, -0.25) is 9.69 Å². The average Bonchev–Trinajstić information content (AvgIpc) is 2.16. The van der Waals surface area contributed by atoms with E-state index in [0.29, 0.717) is 12.1 Å². The highest BCUT2D eigenvalue weighted by atomic mass is 16.1. The van der Waals surface area contributed by atoms with E-state index in [4.69, 9.17) is 0 Å². The maximum Gasteiger partial charge on any atom is 0.146 e. The molecule has 0 aromatic rings. The molecular weight excluding hydrogens is 174 g/mol. The van der Waals surface area contributed by atoms with Crippen LogP contribution in [0.25, 0.3) is 0 Å². The molecule has 14 heavy (non-hydrogen) atoms. The summed E-state index contributed by atoms with van der Waals surface area (Å²) in [5.74, 6) is 0.269. The molecule has 0 aromatic heterocycles. The van der Waals surface area contributed by atoms with Crippen molar-refractivity contribution in [2.24, 2.45) is 0 Å². The average molecular weight is 199 g/mol. The first kappa shape index (κ1) is 13.6. The van der Waals surface area contributed by atoms with Gasteiger partial charge < -0.3 is 0 Å². The summed E-state index contributed by atoms with van der Waals surface area (Å²) in [7, 11) is 0. The van der Waals surface area contributed by atoms with Crippen molar-refractivity contribution in [2.45, 2.75) is 72.5 Å². The van der Waals surface area contributed by atoms with E-state index in [1.165, 1.54) is 0 Å². The van der Waals surface area contributed by atoms with E-state index in [1.807, 2.05) is 6.92 Å². The molecule has 0 fully saturated rings. The van der Waals surface area contributed by atoms with Gasteiger partial charge in [-0.2, -0.15) is 0 Å². The maximum absolute atomic E-state index is 11.4. The molecule has 2 nitrogen and oxygen atoms in total. The molecule has 2 heteroatoms. The molecule has 0 amide bonds. The Morgan fingerprint density at radius 1 is 1.07 bits per heavy atom. The predicted molar refractivity (Wildman–Crippen MR) is 61.5 cm³/mol. The number of ketones is 1. The van der Waals surface area contributed by atoms with Gasteiger partial charge >= 0.3 is 0 Å². The molecule has 0 aliphatic carbocycles. The highest BCUT2D eigenvalue weighted by molar-refractivity contribution is 5.81. The van der Waals surface area contributed by atoms with Gasteiger partial charge in [-0.25, -0.2) is 0 Å². The second-order valence-electron chi connectivity index (χ2n) is 4.25. The maximum atomic E-state index is 11.4. The Hall–Kier alpha value is -0.370. The van der Waals surface area contributed by atoms with Crippen molar-refractivity contribution in [3.8, 4) is 0 Å². The number of nitrogens with zero attached hydrogens (tertiary/aromatic N) is 1. The van der Waals surface area contributed by atoms with Crippen LogP contribution in [-0.2, 0) is 4.79 Å². The zero-order chi connectivity index (χ0) is 11.3. The number of Topliss-reactive ketones (excluding diaryl/α,β-unsaturated/α-hetero) is 1. The van der Waals surface area contributed by atoms with Crippen LogP contribution in [0.15, 0.2) is 0 Å². The van der Waals surface area contributed by atoms with Crippen molar-refractivity contribution in [3.05, 3.63) is 0 Å². The lowest BCUT2D eigenvalue weighted by atomic mass is 10.0. The molecule has 0 heterocycles. The Bertz CT molecular complexity index is 169. The Labute approximate surface area is 88.7 Å². The van der Waals surface area contributed by atoms with Gasteiger partial charge in [0.25, 0.3) is 0 Å². The Morgan fingerprint density at radius 3 is 1.64 bits per heavy atom. The first-order valence-corrected chi connectivity index (χ1v) is 5.73. The monoisotopic (exact) mass is 199 g/mol. The third-order valence-corrected chi connectivity index (χ3v) is 3.24. The fraction of sp³-hybridized carbons (Fsp3) is 0.917. The van der Waals surface area contributed by atoms with Gasteiger partial charge in [-0.05, 0) is 40.5 Å². The fourth-order valence-electron chi connectivity index (χ4n) is 1.83. The summed E-state index contributed by atoms with van der Waals surface area (Å²) in [6.07, 6.45) is 2.20. The Morgan fingerprint density at radius 2 is 1.43 bits per heavy atom. The van der Waals surface area contributed by atoms with Gasteiger partial charge in [0.1, 0.15) is 5.78 Å². The molecule has 3 unspecified atom stereocenters. The molecule has 0 bridgehead atoms. The smallest absolute Gasteiger partial charge is 0.146 e. The molecule has 3 atom stereocenters. The molecule has 0 saturated carbocycles. The van der Waals surface area contributed by atoms with Crippen molar-refractivity contribution in [3.63, 3.8) is 0 Å². The molecule has 0 radical (unpaired) electrons. The summed E-state index contributed by atoms with van der Waals surface area (Å²) >= 11 is 0. The minimum absolute atomic E-state index is 0.0555. The molecule has 0 aliphatic rings. The number of rotatable bonds is 6. The summed E-state index contributed by atoms with van der Waals surface area (Å²) in [6, 6.07) is 1.03. The Balaban J connectivity index is 4.62. The molecule has 0 aromatic carbocycles. The number of carbonyl (C=O) groups is 1. The van der Waals surface area contributed by atoms with Crippen LogP contribution < -0.4 is 0 Å². The van der Waals surface area contributed by atoms with Crippen LogP contribution in [0.3, 0.4) is 0 Å². The topological polar surface area (TPSA) is 20.3 Å². The second kappa shape index (κ2) is 6.18. The lowest BCUT2D eigenvalue weighted by Gasteiger charge is -2.37.